The second kappa shape index (κ2) is 7.09. The largest absolute Gasteiger partial charge is 0.375 e. The van der Waals surface area contributed by atoms with Crippen LogP contribution in [0.25, 0.3) is 0 Å². The molecule has 0 radical (unpaired) electrons. The molecule has 3 nitrogen and oxygen atoms in total. The lowest BCUT2D eigenvalue weighted by atomic mass is 10.3. The smallest absolute Gasteiger partial charge is 0.107 e. The standard InChI is InChI=1S/C13H22N2OS/c1-2-3-4-7-16-9-12-10-17-13(15-12)8-14-11-5-6-11/h10-11,14H,2-9H2,1H3. The number of nitrogens with zero attached hydrogens (tertiary/aromatic N) is 1. The van der Waals surface area contributed by atoms with Crippen molar-refractivity contribution in [2.45, 2.75) is 58.2 Å². The molecule has 0 aromatic carbocycles. The Morgan fingerprint density at radius 2 is 2.35 bits per heavy atom. The lowest BCUT2D eigenvalue weighted by Crippen LogP contribution is -2.15. The summed E-state index contributed by atoms with van der Waals surface area (Å²) in [6.45, 7) is 4.66. The van der Waals surface area contributed by atoms with Crippen LogP contribution in [0.1, 0.15) is 49.7 Å². The molecule has 0 bridgehead atoms. The van der Waals surface area contributed by atoms with Crippen molar-refractivity contribution < 1.29 is 4.74 Å². The van der Waals surface area contributed by atoms with Gasteiger partial charge in [-0.05, 0) is 19.3 Å². The van der Waals surface area contributed by atoms with Crippen LogP contribution in [0.5, 0.6) is 0 Å². The van der Waals surface area contributed by atoms with E-state index in [4.69, 9.17) is 4.74 Å². The van der Waals surface area contributed by atoms with Crippen LogP contribution < -0.4 is 5.32 Å². The van der Waals surface area contributed by atoms with Gasteiger partial charge in [-0.3, -0.25) is 0 Å². The van der Waals surface area contributed by atoms with Gasteiger partial charge in [-0.2, -0.15) is 0 Å². The first-order chi connectivity index (χ1) is 8.38. The minimum absolute atomic E-state index is 0.670. The van der Waals surface area contributed by atoms with E-state index >= 15 is 0 Å². The third kappa shape index (κ3) is 5.15. The van der Waals surface area contributed by atoms with Crippen LogP contribution in [0, 0.1) is 0 Å². The van der Waals surface area contributed by atoms with Crippen LogP contribution in [0.2, 0.25) is 0 Å². The third-order valence-corrected chi connectivity index (χ3v) is 3.76. The van der Waals surface area contributed by atoms with Crippen LogP contribution in [0.3, 0.4) is 0 Å². The van der Waals surface area contributed by atoms with Crippen LogP contribution in [-0.2, 0) is 17.9 Å². The van der Waals surface area contributed by atoms with Gasteiger partial charge in [-0.1, -0.05) is 19.8 Å². The minimum Gasteiger partial charge on any atom is -0.375 e. The first kappa shape index (κ1) is 13.0. The van der Waals surface area contributed by atoms with Gasteiger partial charge in [-0.15, -0.1) is 11.3 Å². The number of aromatic nitrogens is 1. The molecule has 0 amide bonds. The zero-order chi connectivity index (χ0) is 11.9. The molecule has 0 aliphatic heterocycles. The molecular weight excluding hydrogens is 232 g/mol. The van der Waals surface area contributed by atoms with E-state index in [9.17, 15) is 0 Å². The van der Waals surface area contributed by atoms with E-state index in [1.807, 2.05) is 0 Å². The molecule has 1 aliphatic carbocycles. The molecular formula is C13H22N2OS. The highest BCUT2D eigenvalue weighted by atomic mass is 32.1. The summed E-state index contributed by atoms with van der Waals surface area (Å²) in [5, 5.41) is 6.78. The van der Waals surface area contributed by atoms with E-state index in [1.165, 1.54) is 30.7 Å². The Bertz CT molecular complexity index is 323. The number of hydrogen-bond donors (Lipinski definition) is 1. The van der Waals surface area contributed by atoms with Gasteiger partial charge in [0.05, 0.1) is 12.3 Å². The molecule has 1 aromatic heterocycles. The molecule has 0 spiro atoms. The second-order valence-corrected chi connectivity index (χ2v) is 5.59. The summed E-state index contributed by atoms with van der Waals surface area (Å²) >= 11 is 1.73. The molecule has 1 fully saturated rings. The van der Waals surface area contributed by atoms with E-state index in [0.717, 1.165) is 31.3 Å². The highest BCUT2D eigenvalue weighted by Gasteiger charge is 2.20. The number of thiazole rings is 1. The molecule has 1 aliphatic rings. The lowest BCUT2D eigenvalue weighted by molar-refractivity contribution is 0.115. The van der Waals surface area contributed by atoms with Crippen LogP contribution in [0.4, 0.5) is 0 Å². The Balaban J connectivity index is 1.59. The van der Waals surface area contributed by atoms with Crippen molar-refractivity contribution in [2.75, 3.05) is 6.61 Å². The summed E-state index contributed by atoms with van der Waals surface area (Å²) in [5.74, 6) is 0. The van der Waals surface area contributed by atoms with Crippen LogP contribution in [0.15, 0.2) is 5.38 Å². The maximum Gasteiger partial charge on any atom is 0.107 e. The molecule has 0 unspecified atom stereocenters. The zero-order valence-corrected chi connectivity index (χ0v) is 11.4. The van der Waals surface area contributed by atoms with Crippen molar-refractivity contribution in [3.05, 3.63) is 16.1 Å². The van der Waals surface area contributed by atoms with Gasteiger partial charge in [-0.25, -0.2) is 4.98 Å². The van der Waals surface area contributed by atoms with Gasteiger partial charge in [0.2, 0.25) is 0 Å². The van der Waals surface area contributed by atoms with Crippen LogP contribution in [-0.4, -0.2) is 17.6 Å². The van der Waals surface area contributed by atoms with Gasteiger partial charge in [0.1, 0.15) is 5.01 Å². The average Bonchev–Trinajstić information content (AvgIpc) is 3.06. The molecule has 4 heteroatoms. The third-order valence-electron chi connectivity index (χ3n) is 2.86. The van der Waals surface area contributed by atoms with Crippen molar-refractivity contribution in [1.82, 2.24) is 10.3 Å². The maximum atomic E-state index is 5.60. The van der Waals surface area contributed by atoms with Gasteiger partial charge < -0.3 is 10.1 Å². The first-order valence-corrected chi connectivity index (χ1v) is 7.51. The highest BCUT2D eigenvalue weighted by molar-refractivity contribution is 7.09. The van der Waals surface area contributed by atoms with E-state index in [-0.39, 0.29) is 0 Å². The number of hydrogen-bond acceptors (Lipinski definition) is 4. The van der Waals surface area contributed by atoms with Gasteiger partial charge >= 0.3 is 0 Å². The molecule has 1 heterocycles. The minimum atomic E-state index is 0.670. The Kier molecular flexibility index (Phi) is 5.42. The van der Waals surface area contributed by atoms with Gasteiger partial charge in [0.15, 0.2) is 0 Å². The summed E-state index contributed by atoms with van der Waals surface area (Å²) < 4.78 is 5.60. The molecule has 0 saturated heterocycles. The SMILES string of the molecule is CCCCCOCc1csc(CNC2CC2)n1. The van der Waals surface area contributed by atoms with E-state index in [2.05, 4.69) is 22.6 Å². The van der Waals surface area contributed by atoms with Crippen molar-refractivity contribution >= 4 is 11.3 Å². The zero-order valence-electron chi connectivity index (χ0n) is 10.6. The Morgan fingerprint density at radius 1 is 1.47 bits per heavy atom. The first-order valence-electron chi connectivity index (χ1n) is 6.63. The predicted octanol–water partition coefficient (Wildman–Crippen LogP) is 3.10. The summed E-state index contributed by atoms with van der Waals surface area (Å²) in [6, 6.07) is 0.757. The number of nitrogens with one attached hydrogen (secondary N) is 1. The number of unbranched alkanes of at least 4 members (excludes halogenated alkanes) is 2. The number of rotatable bonds is 9. The molecule has 17 heavy (non-hydrogen) atoms. The predicted molar refractivity (Wildman–Crippen MR) is 71.2 cm³/mol. The molecule has 96 valence electrons. The fourth-order valence-corrected chi connectivity index (χ4v) is 2.38. The quantitative estimate of drug-likeness (QED) is 0.688. The van der Waals surface area contributed by atoms with Gasteiger partial charge in [0.25, 0.3) is 0 Å². The molecule has 0 atom stereocenters. The maximum absolute atomic E-state index is 5.60. The molecule has 1 aromatic rings. The summed E-state index contributed by atoms with van der Waals surface area (Å²) in [5.41, 5.74) is 1.08. The topological polar surface area (TPSA) is 34.1 Å². The molecule has 1 saturated carbocycles. The van der Waals surface area contributed by atoms with Crippen LogP contribution >= 0.6 is 11.3 Å². The highest BCUT2D eigenvalue weighted by Crippen LogP contribution is 2.20. The Labute approximate surface area is 108 Å². The summed E-state index contributed by atoms with van der Waals surface area (Å²) in [4.78, 5) is 4.56. The lowest BCUT2D eigenvalue weighted by Gasteiger charge is -2.01. The summed E-state index contributed by atoms with van der Waals surface area (Å²) in [6.07, 6.45) is 6.33. The monoisotopic (exact) mass is 254 g/mol. The molecule has 1 N–H and O–H groups in total. The second-order valence-electron chi connectivity index (χ2n) is 4.65. The average molecular weight is 254 g/mol. The Morgan fingerprint density at radius 3 is 3.12 bits per heavy atom. The van der Waals surface area contributed by atoms with E-state index in [0.29, 0.717) is 6.61 Å². The van der Waals surface area contributed by atoms with Crippen molar-refractivity contribution in [1.29, 1.82) is 0 Å². The van der Waals surface area contributed by atoms with Gasteiger partial charge in [0, 0.05) is 24.6 Å². The summed E-state index contributed by atoms with van der Waals surface area (Å²) in [7, 11) is 0. The normalized spacial score (nSPS) is 15.4. The molecule has 2 rings (SSSR count). The fraction of sp³-hybridized carbons (Fsp3) is 0.769. The van der Waals surface area contributed by atoms with E-state index < -0.39 is 0 Å². The van der Waals surface area contributed by atoms with Crippen molar-refractivity contribution in [3.63, 3.8) is 0 Å². The van der Waals surface area contributed by atoms with E-state index in [1.54, 1.807) is 11.3 Å². The fourth-order valence-electron chi connectivity index (χ4n) is 1.65. The van der Waals surface area contributed by atoms with Crippen molar-refractivity contribution in [3.8, 4) is 0 Å². The van der Waals surface area contributed by atoms with Crippen molar-refractivity contribution in [2.24, 2.45) is 0 Å². The Hall–Kier alpha value is -0.450. The number of ether oxygens (including phenoxy) is 1.